The summed E-state index contributed by atoms with van der Waals surface area (Å²) in [6, 6.07) is 12.4. The van der Waals surface area contributed by atoms with Gasteiger partial charge in [-0.2, -0.15) is 0 Å². The van der Waals surface area contributed by atoms with Crippen molar-refractivity contribution in [3.05, 3.63) is 58.3 Å². The van der Waals surface area contributed by atoms with Crippen LogP contribution in [0.4, 0.5) is 0 Å². The van der Waals surface area contributed by atoms with Crippen molar-refractivity contribution in [2.24, 2.45) is 5.92 Å². The standard InChI is InChI=1S/C26H38BrN3O3/c1-5-6-14-29(25(31)20-30(16-8-17-33-4)26(32)21(2)3)19-24-9-7-15-28(24)18-22-10-12-23(27)13-11-22/h7,9-13,15,21H,5-6,8,14,16-20H2,1-4H3. The average Bonchev–Trinajstić information content (AvgIpc) is 3.23. The van der Waals surface area contributed by atoms with Crippen molar-refractivity contribution < 1.29 is 14.3 Å². The third kappa shape index (κ3) is 8.97. The molecule has 1 heterocycles. The summed E-state index contributed by atoms with van der Waals surface area (Å²) in [7, 11) is 1.65. The van der Waals surface area contributed by atoms with E-state index in [0.717, 1.165) is 29.6 Å². The second-order valence-electron chi connectivity index (χ2n) is 8.68. The zero-order valence-corrected chi connectivity index (χ0v) is 22.0. The smallest absolute Gasteiger partial charge is 0.242 e. The molecule has 2 amide bonds. The fraction of sp³-hybridized carbons (Fsp3) is 0.538. The summed E-state index contributed by atoms with van der Waals surface area (Å²) in [6.45, 7) is 9.04. The minimum atomic E-state index is -0.146. The summed E-state index contributed by atoms with van der Waals surface area (Å²) in [4.78, 5) is 29.6. The number of amides is 2. The molecule has 0 aliphatic heterocycles. The van der Waals surface area contributed by atoms with E-state index in [1.165, 1.54) is 5.56 Å². The molecule has 0 fully saturated rings. The molecule has 0 spiro atoms. The highest BCUT2D eigenvalue weighted by molar-refractivity contribution is 9.10. The molecule has 33 heavy (non-hydrogen) atoms. The maximum atomic E-state index is 13.3. The van der Waals surface area contributed by atoms with Gasteiger partial charge in [0.25, 0.3) is 0 Å². The van der Waals surface area contributed by atoms with Crippen molar-refractivity contribution >= 4 is 27.7 Å². The lowest BCUT2D eigenvalue weighted by Gasteiger charge is -2.29. The highest BCUT2D eigenvalue weighted by Crippen LogP contribution is 2.15. The van der Waals surface area contributed by atoms with E-state index in [2.05, 4.69) is 51.8 Å². The van der Waals surface area contributed by atoms with Crippen molar-refractivity contribution in [2.75, 3.05) is 33.4 Å². The van der Waals surface area contributed by atoms with E-state index in [1.807, 2.05) is 36.9 Å². The first-order valence-electron chi connectivity index (χ1n) is 11.8. The minimum absolute atomic E-state index is 0.00788. The van der Waals surface area contributed by atoms with Gasteiger partial charge >= 0.3 is 0 Å². The Morgan fingerprint density at radius 2 is 1.76 bits per heavy atom. The summed E-state index contributed by atoms with van der Waals surface area (Å²) in [5.41, 5.74) is 2.29. The van der Waals surface area contributed by atoms with Gasteiger partial charge in [0.05, 0.1) is 13.1 Å². The number of nitrogens with zero attached hydrogens (tertiary/aromatic N) is 3. The van der Waals surface area contributed by atoms with Crippen molar-refractivity contribution in [2.45, 2.75) is 53.1 Å². The second kappa shape index (κ2) is 14.2. The van der Waals surface area contributed by atoms with E-state index in [9.17, 15) is 9.59 Å². The molecule has 0 aliphatic carbocycles. The third-order valence-electron chi connectivity index (χ3n) is 5.59. The first-order valence-corrected chi connectivity index (χ1v) is 12.6. The second-order valence-corrected chi connectivity index (χ2v) is 9.60. The molecule has 6 nitrogen and oxygen atoms in total. The van der Waals surface area contributed by atoms with E-state index in [-0.39, 0.29) is 24.3 Å². The minimum Gasteiger partial charge on any atom is -0.385 e. The Labute approximate surface area is 207 Å². The van der Waals surface area contributed by atoms with Gasteiger partial charge in [0, 0.05) is 55.6 Å². The van der Waals surface area contributed by atoms with Crippen LogP contribution >= 0.6 is 15.9 Å². The number of carbonyl (C=O) groups excluding carboxylic acids is 2. The van der Waals surface area contributed by atoms with Crippen molar-refractivity contribution in [1.82, 2.24) is 14.4 Å². The van der Waals surface area contributed by atoms with Crippen LogP contribution in [0, 0.1) is 5.92 Å². The molecule has 1 aromatic heterocycles. The molecule has 0 aliphatic rings. The van der Waals surface area contributed by atoms with Crippen LogP contribution in [-0.4, -0.2) is 59.5 Å². The molecule has 2 rings (SSSR count). The van der Waals surface area contributed by atoms with E-state index >= 15 is 0 Å². The highest BCUT2D eigenvalue weighted by Gasteiger charge is 2.23. The topological polar surface area (TPSA) is 54.8 Å². The number of unbranched alkanes of at least 4 members (excludes halogenated alkanes) is 1. The number of ether oxygens (including phenoxy) is 1. The fourth-order valence-electron chi connectivity index (χ4n) is 3.67. The molecule has 0 saturated heterocycles. The van der Waals surface area contributed by atoms with Crippen LogP contribution in [0.3, 0.4) is 0 Å². The van der Waals surface area contributed by atoms with Crippen LogP contribution in [0.1, 0.15) is 51.3 Å². The zero-order valence-electron chi connectivity index (χ0n) is 20.4. The maximum absolute atomic E-state index is 13.3. The summed E-state index contributed by atoms with van der Waals surface area (Å²) in [5.74, 6) is -0.146. The third-order valence-corrected chi connectivity index (χ3v) is 6.11. The lowest BCUT2D eigenvalue weighted by atomic mass is 10.1. The van der Waals surface area contributed by atoms with Gasteiger partial charge in [-0.3, -0.25) is 9.59 Å². The van der Waals surface area contributed by atoms with E-state index in [1.54, 1.807) is 12.0 Å². The summed E-state index contributed by atoms with van der Waals surface area (Å²) >= 11 is 3.48. The highest BCUT2D eigenvalue weighted by atomic mass is 79.9. The molecule has 1 aromatic carbocycles. The van der Waals surface area contributed by atoms with Gasteiger partial charge in [0.15, 0.2) is 0 Å². The molecule has 0 N–H and O–H groups in total. The molecule has 0 atom stereocenters. The Hall–Kier alpha value is -2.12. The van der Waals surface area contributed by atoms with E-state index in [0.29, 0.717) is 32.7 Å². The molecular formula is C26H38BrN3O3. The molecule has 182 valence electrons. The van der Waals surface area contributed by atoms with Crippen molar-refractivity contribution in [3.8, 4) is 0 Å². The zero-order chi connectivity index (χ0) is 24.2. The maximum Gasteiger partial charge on any atom is 0.242 e. The van der Waals surface area contributed by atoms with Crippen LogP contribution in [0.15, 0.2) is 47.1 Å². The van der Waals surface area contributed by atoms with Crippen LogP contribution in [0.2, 0.25) is 0 Å². The number of rotatable bonds is 14. The Morgan fingerprint density at radius 1 is 1.06 bits per heavy atom. The number of halogens is 1. The largest absolute Gasteiger partial charge is 0.385 e. The van der Waals surface area contributed by atoms with Crippen molar-refractivity contribution in [3.63, 3.8) is 0 Å². The lowest BCUT2D eigenvalue weighted by Crippen LogP contribution is -2.45. The number of hydrogen-bond donors (Lipinski definition) is 0. The van der Waals surface area contributed by atoms with Gasteiger partial charge in [-0.1, -0.05) is 55.3 Å². The molecule has 0 radical (unpaired) electrons. The van der Waals surface area contributed by atoms with Crippen molar-refractivity contribution in [1.29, 1.82) is 0 Å². The van der Waals surface area contributed by atoms with Crippen LogP contribution in [0.5, 0.6) is 0 Å². The molecule has 0 saturated carbocycles. The predicted octanol–water partition coefficient (Wildman–Crippen LogP) is 4.95. The molecule has 0 bridgehead atoms. The van der Waals surface area contributed by atoms with Crippen LogP contribution < -0.4 is 0 Å². The predicted molar refractivity (Wildman–Crippen MR) is 136 cm³/mol. The Kier molecular flexibility index (Phi) is 11.7. The normalized spacial score (nSPS) is 11.1. The Bertz CT molecular complexity index is 864. The number of aromatic nitrogens is 1. The monoisotopic (exact) mass is 519 g/mol. The Morgan fingerprint density at radius 3 is 2.39 bits per heavy atom. The molecular weight excluding hydrogens is 482 g/mol. The van der Waals surface area contributed by atoms with Gasteiger partial charge in [-0.25, -0.2) is 0 Å². The van der Waals surface area contributed by atoms with Crippen LogP contribution in [-0.2, 0) is 27.4 Å². The lowest BCUT2D eigenvalue weighted by molar-refractivity contribution is -0.142. The van der Waals surface area contributed by atoms with Gasteiger partial charge in [0.1, 0.15) is 0 Å². The molecule has 2 aromatic rings. The number of carbonyl (C=O) groups is 2. The first-order chi connectivity index (χ1) is 15.8. The summed E-state index contributed by atoms with van der Waals surface area (Å²) in [5, 5.41) is 0. The van der Waals surface area contributed by atoms with Gasteiger partial charge in [-0.05, 0) is 42.7 Å². The number of methoxy groups -OCH3 is 1. The SMILES string of the molecule is CCCCN(Cc1cccn1Cc1ccc(Br)cc1)C(=O)CN(CCCOC)C(=O)C(C)C. The van der Waals surface area contributed by atoms with E-state index < -0.39 is 0 Å². The molecule has 0 unspecified atom stereocenters. The Balaban J connectivity index is 2.13. The quantitative estimate of drug-likeness (QED) is 0.332. The van der Waals surface area contributed by atoms with Gasteiger partial charge < -0.3 is 19.1 Å². The first kappa shape index (κ1) is 27.1. The summed E-state index contributed by atoms with van der Waals surface area (Å²) in [6.07, 6.45) is 4.71. The fourth-order valence-corrected chi connectivity index (χ4v) is 3.93. The van der Waals surface area contributed by atoms with Crippen LogP contribution in [0.25, 0.3) is 0 Å². The van der Waals surface area contributed by atoms with Gasteiger partial charge in [-0.15, -0.1) is 0 Å². The number of benzene rings is 1. The molecule has 7 heteroatoms. The van der Waals surface area contributed by atoms with E-state index in [4.69, 9.17) is 4.74 Å². The van der Waals surface area contributed by atoms with Gasteiger partial charge in [0.2, 0.25) is 11.8 Å². The average molecular weight is 521 g/mol. The summed E-state index contributed by atoms with van der Waals surface area (Å²) < 4.78 is 8.38. The number of hydrogen-bond acceptors (Lipinski definition) is 3.